The highest BCUT2D eigenvalue weighted by Gasteiger charge is 2.21. The lowest BCUT2D eigenvalue weighted by Crippen LogP contribution is -2.44. The second kappa shape index (κ2) is 15.3. The Morgan fingerprint density at radius 2 is 1.93 bits per heavy atom. The van der Waals surface area contributed by atoms with Crippen LogP contribution >= 0.6 is 9.24 Å². The molecule has 2 aromatic rings. The Kier molecular flexibility index (Phi) is 12.5. The molecular formula is C28H34F5N6OP. The molecule has 41 heavy (non-hydrogen) atoms. The normalized spacial score (nSPS) is 17.1. The summed E-state index contributed by atoms with van der Waals surface area (Å²) in [7, 11) is 5.29. The molecule has 0 saturated heterocycles. The van der Waals surface area contributed by atoms with E-state index in [4.69, 9.17) is 10.5 Å². The number of nitrogen functional groups attached to an aromatic ring is 1. The Morgan fingerprint density at radius 1 is 1.22 bits per heavy atom. The van der Waals surface area contributed by atoms with Gasteiger partial charge in [0, 0.05) is 50.3 Å². The second-order valence-electron chi connectivity index (χ2n) is 8.90. The highest BCUT2D eigenvalue weighted by Crippen LogP contribution is 2.30. The Bertz CT molecular complexity index is 1310. The van der Waals surface area contributed by atoms with E-state index < -0.39 is 17.6 Å². The third kappa shape index (κ3) is 10.6. The lowest BCUT2D eigenvalue weighted by atomic mass is 10.0. The van der Waals surface area contributed by atoms with Crippen molar-refractivity contribution in [2.24, 2.45) is 4.99 Å². The quantitative estimate of drug-likeness (QED) is 0.0774. The molecule has 7 nitrogen and oxygen atoms in total. The van der Waals surface area contributed by atoms with Crippen molar-refractivity contribution < 1.29 is 26.7 Å². The molecule has 13 heteroatoms. The molecule has 222 valence electrons. The molecule has 0 radical (unpaired) electrons. The van der Waals surface area contributed by atoms with Crippen LogP contribution in [0.2, 0.25) is 0 Å². The minimum absolute atomic E-state index is 0.0436. The van der Waals surface area contributed by atoms with Crippen LogP contribution in [0.5, 0.6) is 11.5 Å². The minimum atomic E-state index is -3.04. The third-order valence-corrected chi connectivity index (χ3v) is 5.86. The van der Waals surface area contributed by atoms with Crippen LogP contribution < -0.4 is 26.0 Å². The molecule has 0 bridgehead atoms. The number of nitrogens with two attached hydrogens (primary N) is 1. The number of hydrogen-bond donors (Lipinski definition) is 3. The summed E-state index contributed by atoms with van der Waals surface area (Å²) < 4.78 is 67.5. The number of anilines is 2. The van der Waals surface area contributed by atoms with E-state index in [1.54, 1.807) is 42.5 Å². The smallest absolute Gasteiger partial charge is 0.278 e. The van der Waals surface area contributed by atoms with Gasteiger partial charge in [0.05, 0.1) is 30.8 Å². The topological polar surface area (TPSA) is 87.8 Å². The summed E-state index contributed by atoms with van der Waals surface area (Å²) >= 11 is 0. The first-order valence-electron chi connectivity index (χ1n) is 12.2. The molecule has 0 spiro atoms. The Labute approximate surface area is 239 Å². The number of aliphatic imine (C=N–C) groups is 1. The van der Waals surface area contributed by atoms with Gasteiger partial charge in [-0.2, -0.15) is 8.78 Å². The molecule has 0 aliphatic heterocycles. The zero-order valence-corrected chi connectivity index (χ0v) is 24.2. The molecule has 1 aliphatic carbocycles. The molecule has 0 fully saturated rings. The Balaban J connectivity index is 0.00000287. The molecule has 0 saturated carbocycles. The van der Waals surface area contributed by atoms with Crippen LogP contribution in [0.1, 0.15) is 12.6 Å². The zero-order valence-electron chi connectivity index (χ0n) is 23.1. The maximum atomic E-state index is 13.0. The number of pyridine rings is 1. The van der Waals surface area contributed by atoms with Crippen molar-refractivity contribution >= 4 is 26.5 Å². The minimum Gasteiger partial charge on any atom is -0.457 e. The summed E-state index contributed by atoms with van der Waals surface area (Å²) in [6.07, 6.45) is 8.71. The number of amidine groups is 1. The molecule has 4 N–H and O–H groups in total. The monoisotopic (exact) mass is 596 g/mol. The van der Waals surface area contributed by atoms with Gasteiger partial charge in [-0.3, -0.25) is 19.7 Å². The lowest BCUT2D eigenvalue weighted by molar-refractivity contribution is 0.161. The number of halogens is 5. The fourth-order valence-corrected chi connectivity index (χ4v) is 3.64. The number of benzene rings is 1. The van der Waals surface area contributed by atoms with E-state index in [9.17, 15) is 22.0 Å². The molecule has 1 heterocycles. The largest absolute Gasteiger partial charge is 0.457 e. The van der Waals surface area contributed by atoms with Crippen molar-refractivity contribution in [2.75, 3.05) is 38.6 Å². The van der Waals surface area contributed by atoms with Crippen LogP contribution in [0.3, 0.4) is 0 Å². The number of aromatic nitrogens is 1. The van der Waals surface area contributed by atoms with Crippen molar-refractivity contribution in [3.63, 3.8) is 0 Å². The van der Waals surface area contributed by atoms with Gasteiger partial charge in [-0.05, 0) is 25.1 Å². The maximum absolute atomic E-state index is 13.0. The van der Waals surface area contributed by atoms with E-state index >= 15 is 0 Å². The van der Waals surface area contributed by atoms with Crippen LogP contribution in [-0.4, -0.2) is 56.4 Å². The van der Waals surface area contributed by atoms with E-state index in [1.165, 1.54) is 34.6 Å². The number of alkyl halides is 5. The van der Waals surface area contributed by atoms with E-state index in [2.05, 4.69) is 20.6 Å². The summed E-state index contributed by atoms with van der Waals surface area (Å²) in [4.78, 5) is 10.2. The highest BCUT2D eigenvalue weighted by molar-refractivity contribution is 7.18. The van der Waals surface area contributed by atoms with E-state index in [0.717, 1.165) is 11.9 Å². The van der Waals surface area contributed by atoms with Gasteiger partial charge in [0.2, 0.25) is 0 Å². The van der Waals surface area contributed by atoms with Gasteiger partial charge in [0.25, 0.3) is 12.1 Å². The van der Waals surface area contributed by atoms with Gasteiger partial charge in [0.15, 0.2) is 5.84 Å². The predicted molar refractivity (Wildman–Crippen MR) is 159 cm³/mol. The van der Waals surface area contributed by atoms with Gasteiger partial charge < -0.3 is 20.7 Å². The number of rotatable bonds is 10. The third-order valence-electron chi connectivity index (χ3n) is 5.67. The van der Waals surface area contributed by atoms with Crippen LogP contribution in [0.15, 0.2) is 89.8 Å². The van der Waals surface area contributed by atoms with Crippen molar-refractivity contribution in [3.05, 3.63) is 90.5 Å². The fourth-order valence-electron chi connectivity index (χ4n) is 3.55. The first kappa shape index (κ1) is 33.4. The molecule has 3 rings (SSSR count). The lowest BCUT2D eigenvalue weighted by Gasteiger charge is -2.29. The average molecular weight is 597 g/mol. The SMILES string of the molecule is CF.CN=C(N/C=C/C(F)(F)P)c1cc(Oc2ccc(N(C)CNC3(C)C=CC=C(C(F)F)C=C3)c(N)c2)ccn1. The number of nitrogens with zero attached hydrogens (tertiary/aromatic N) is 3. The first-order valence-corrected chi connectivity index (χ1v) is 12.8. The second-order valence-corrected chi connectivity index (χ2v) is 9.67. The Hall–Kier alpha value is -3.76. The standard InChI is InChI=1S/C27H31F4N6OP.CH3F/c1-26(10-4-5-18(8-11-26)24(28)29)36-17-37(3)23-7-6-19(15-21(23)32)38-20-9-13-34-22(16-20)25(33-2)35-14-12-27(30,31)39;1-2/h4-16,24,36H,17,32,39H2,1-3H3,(H,33,35);1H3/b14-12+;. The van der Waals surface area contributed by atoms with Crippen molar-refractivity contribution in [2.45, 2.75) is 24.6 Å². The van der Waals surface area contributed by atoms with Crippen LogP contribution in [0.4, 0.5) is 33.3 Å². The van der Waals surface area contributed by atoms with Crippen LogP contribution in [0.25, 0.3) is 0 Å². The van der Waals surface area contributed by atoms with Gasteiger partial charge in [-0.25, -0.2) is 8.78 Å². The summed E-state index contributed by atoms with van der Waals surface area (Å²) in [5, 5.41) is 6.03. The molecular weight excluding hydrogens is 562 g/mol. The van der Waals surface area contributed by atoms with Crippen molar-refractivity contribution in [1.29, 1.82) is 0 Å². The van der Waals surface area contributed by atoms with Crippen LogP contribution in [0, 0.1) is 0 Å². The molecule has 2 unspecified atom stereocenters. The predicted octanol–water partition coefficient (Wildman–Crippen LogP) is 6.05. The van der Waals surface area contributed by atoms with Gasteiger partial charge in [-0.15, -0.1) is 0 Å². The summed E-state index contributed by atoms with van der Waals surface area (Å²) in [6.45, 7) is 2.27. The average Bonchev–Trinajstić information content (AvgIpc) is 3.13. The summed E-state index contributed by atoms with van der Waals surface area (Å²) in [5.41, 5.74) is 4.19. The number of nitrogens with one attached hydrogen (secondary N) is 2. The van der Waals surface area contributed by atoms with Crippen LogP contribution in [-0.2, 0) is 0 Å². The molecule has 1 aliphatic rings. The first-order chi connectivity index (χ1) is 19.4. The van der Waals surface area contributed by atoms with Gasteiger partial charge in [-0.1, -0.05) is 39.6 Å². The number of allylic oxidation sites excluding steroid dienone is 5. The van der Waals surface area contributed by atoms with E-state index in [-0.39, 0.29) is 11.4 Å². The molecule has 1 aromatic heterocycles. The zero-order chi connectivity index (χ0) is 30.6. The summed E-state index contributed by atoms with van der Waals surface area (Å²) in [6, 6.07) is 8.50. The number of ether oxygens (including phenoxy) is 1. The molecule has 0 amide bonds. The highest BCUT2D eigenvalue weighted by atomic mass is 31.0. The molecule has 1 aromatic carbocycles. The fraction of sp³-hybridized carbons (Fsp3) is 0.286. The van der Waals surface area contributed by atoms with Gasteiger partial charge in [0.1, 0.15) is 17.2 Å². The van der Waals surface area contributed by atoms with E-state index in [1.807, 2.05) is 24.9 Å². The van der Waals surface area contributed by atoms with Crippen molar-refractivity contribution in [1.82, 2.24) is 15.6 Å². The van der Waals surface area contributed by atoms with Gasteiger partial charge >= 0.3 is 0 Å². The molecule has 2 atom stereocenters. The number of hydrogen-bond acceptors (Lipinski definition) is 6. The summed E-state index contributed by atoms with van der Waals surface area (Å²) in [5.74, 6) is 1.21. The van der Waals surface area contributed by atoms with E-state index in [0.29, 0.717) is 42.8 Å². The maximum Gasteiger partial charge on any atom is 0.278 e. The van der Waals surface area contributed by atoms with Crippen molar-refractivity contribution in [3.8, 4) is 11.5 Å². The Morgan fingerprint density at radius 3 is 2.56 bits per heavy atom.